The molecule has 0 N–H and O–H groups in total. The number of morpholine rings is 1. The summed E-state index contributed by atoms with van der Waals surface area (Å²) in [6.07, 6.45) is 0. The molecule has 1 amide bonds. The summed E-state index contributed by atoms with van der Waals surface area (Å²) in [5, 5.41) is 0. The van der Waals surface area contributed by atoms with Crippen LogP contribution in [0.1, 0.15) is 11.1 Å². The van der Waals surface area contributed by atoms with Gasteiger partial charge in [0.25, 0.3) is 5.91 Å². The first kappa shape index (κ1) is 17.5. The van der Waals surface area contributed by atoms with Crippen LogP contribution in [-0.2, 0) is 9.53 Å². The van der Waals surface area contributed by atoms with E-state index in [2.05, 4.69) is 4.98 Å². The van der Waals surface area contributed by atoms with E-state index in [1.807, 2.05) is 50.2 Å². The molecule has 140 valence electrons. The second-order valence-corrected chi connectivity index (χ2v) is 6.72. The molecule has 0 unspecified atom stereocenters. The lowest BCUT2D eigenvalue weighted by molar-refractivity contribution is -0.137. The maximum atomic E-state index is 12.4. The first-order valence-corrected chi connectivity index (χ1v) is 9.07. The molecule has 1 aromatic heterocycles. The highest BCUT2D eigenvalue weighted by molar-refractivity contribution is 5.80. The van der Waals surface area contributed by atoms with Gasteiger partial charge in [-0.1, -0.05) is 18.2 Å². The molecule has 0 bridgehead atoms. The third kappa shape index (κ3) is 3.66. The first-order valence-electron chi connectivity index (χ1n) is 9.07. The van der Waals surface area contributed by atoms with E-state index in [0.29, 0.717) is 37.9 Å². The average Bonchev–Trinajstić information content (AvgIpc) is 3.10. The van der Waals surface area contributed by atoms with E-state index in [1.54, 1.807) is 4.90 Å². The van der Waals surface area contributed by atoms with E-state index >= 15 is 0 Å². The fourth-order valence-electron chi connectivity index (χ4n) is 3.20. The van der Waals surface area contributed by atoms with Crippen LogP contribution in [0.15, 0.2) is 40.8 Å². The minimum atomic E-state index is -0.0410. The molecular weight excluding hydrogens is 344 g/mol. The lowest BCUT2D eigenvalue weighted by Gasteiger charge is -2.27. The van der Waals surface area contributed by atoms with Crippen LogP contribution in [0.2, 0.25) is 0 Å². The molecule has 1 fully saturated rings. The van der Waals surface area contributed by atoms with Gasteiger partial charge >= 0.3 is 0 Å². The Hall–Kier alpha value is -2.86. The lowest BCUT2D eigenvalue weighted by Crippen LogP contribution is -2.43. The monoisotopic (exact) mass is 366 g/mol. The van der Waals surface area contributed by atoms with Crippen molar-refractivity contribution >= 4 is 17.0 Å². The molecule has 0 aliphatic carbocycles. The van der Waals surface area contributed by atoms with E-state index in [0.717, 1.165) is 27.8 Å². The van der Waals surface area contributed by atoms with Crippen LogP contribution in [0.4, 0.5) is 0 Å². The number of hydrogen-bond donors (Lipinski definition) is 0. The molecule has 0 atom stereocenters. The largest absolute Gasteiger partial charge is 0.483 e. The number of para-hydroxylation sites is 1. The van der Waals surface area contributed by atoms with Gasteiger partial charge in [0, 0.05) is 13.1 Å². The zero-order valence-electron chi connectivity index (χ0n) is 15.5. The van der Waals surface area contributed by atoms with Crippen LogP contribution in [0.25, 0.3) is 22.6 Å². The van der Waals surface area contributed by atoms with E-state index in [-0.39, 0.29) is 12.5 Å². The van der Waals surface area contributed by atoms with Gasteiger partial charge in [-0.2, -0.15) is 0 Å². The zero-order chi connectivity index (χ0) is 18.8. The number of fused-ring (bicyclic) bond motifs is 1. The summed E-state index contributed by atoms with van der Waals surface area (Å²) in [5.74, 6) is 1.08. The molecule has 1 aliphatic heterocycles. The lowest BCUT2D eigenvalue weighted by atomic mass is 10.1. The second-order valence-electron chi connectivity index (χ2n) is 6.72. The molecule has 0 radical (unpaired) electrons. The van der Waals surface area contributed by atoms with Crippen LogP contribution in [0, 0.1) is 13.8 Å². The van der Waals surface area contributed by atoms with Crippen molar-refractivity contribution < 1.29 is 18.7 Å². The van der Waals surface area contributed by atoms with E-state index < -0.39 is 0 Å². The molecular formula is C21H22N2O4. The summed E-state index contributed by atoms with van der Waals surface area (Å²) in [7, 11) is 0. The number of oxazole rings is 1. The van der Waals surface area contributed by atoms with Crippen molar-refractivity contribution in [3.05, 3.63) is 47.5 Å². The van der Waals surface area contributed by atoms with Crippen molar-refractivity contribution in [2.75, 3.05) is 32.9 Å². The SMILES string of the molecule is Cc1ccc2oc(-c3cccc(C)c3OCC(=O)N3CCOCC3)nc2c1. The van der Waals surface area contributed by atoms with Gasteiger partial charge in [0.1, 0.15) is 11.3 Å². The van der Waals surface area contributed by atoms with Crippen LogP contribution >= 0.6 is 0 Å². The summed E-state index contributed by atoms with van der Waals surface area (Å²) < 4.78 is 17.1. The van der Waals surface area contributed by atoms with Crippen LogP contribution in [-0.4, -0.2) is 48.7 Å². The van der Waals surface area contributed by atoms with Crippen molar-refractivity contribution in [2.45, 2.75) is 13.8 Å². The van der Waals surface area contributed by atoms with E-state index in [1.165, 1.54) is 0 Å². The highest BCUT2D eigenvalue weighted by Gasteiger charge is 2.20. The van der Waals surface area contributed by atoms with Crippen molar-refractivity contribution in [1.82, 2.24) is 9.88 Å². The first-order chi connectivity index (χ1) is 13.1. The Morgan fingerprint density at radius 3 is 2.81 bits per heavy atom. The maximum absolute atomic E-state index is 12.4. The van der Waals surface area contributed by atoms with Gasteiger partial charge < -0.3 is 18.8 Å². The molecule has 4 rings (SSSR count). The summed E-state index contributed by atoms with van der Waals surface area (Å²) in [4.78, 5) is 18.8. The number of aromatic nitrogens is 1. The predicted octanol–water partition coefficient (Wildman–Crippen LogP) is 3.35. The highest BCUT2D eigenvalue weighted by atomic mass is 16.5. The number of rotatable bonds is 4. The quantitative estimate of drug-likeness (QED) is 0.708. The van der Waals surface area contributed by atoms with Gasteiger partial charge in [-0.3, -0.25) is 4.79 Å². The number of carbonyl (C=O) groups is 1. The molecule has 1 saturated heterocycles. The fraction of sp³-hybridized carbons (Fsp3) is 0.333. The van der Waals surface area contributed by atoms with Gasteiger partial charge in [0.05, 0.1) is 18.8 Å². The highest BCUT2D eigenvalue weighted by Crippen LogP contribution is 2.34. The Morgan fingerprint density at radius 2 is 2.00 bits per heavy atom. The van der Waals surface area contributed by atoms with Gasteiger partial charge in [-0.25, -0.2) is 4.98 Å². The minimum Gasteiger partial charge on any atom is -0.483 e. The van der Waals surface area contributed by atoms with Crippen molar-refractivity contribution in [3.63, 3.8) is 0 Å². The summed E-state index contributed by atoms with van der Waals surface area (Å²) in [6.45, 7) is 6.31. The molecule has 0 spiro atoms. The Labute approximate surface area is 157 Å². The molecule has 6 heteroatoms. The summed E-state index contributed by atoms with van der Waals surface area (Å²) in [6, 6.07) is 11.7. The Morgan fingerprint density at radius 1 is 1.19 bits per heavy atom. The molecule has 1 aliphatic rings. The average molecular weight is 366 g/mol. The van der Waals surface area contributed by atoms with Gasteiger partial charge in [0.15, 0.2) is 12.2 Å². The van der Waals surface area contributed by atoms with E-state index in [9.17, 15) is 4.79 Å². The van der Waals surface area contributed by atoms with Gasteiger partial charge in [-0.15, -0.1) is 0 Å². The normalized spacial score (nSPS) is 14.5. The molecule has 6 nitrogen and oxygen atoms in total. The molecule has 0 saturated carbocycles. The van der Waals surface area contributed by atoms with Crippen LogP contribution in [0.5, 0.6) is 5.75 Å². The Balaban J connectivity index is 1.60. The number of carbonyl (C=O) groups excluding carboxylic acids is 1. The van der Waals surface area contributed by atoms with Crippen molar-refractivity contribution in [1.29, 1.82) is 0 Å². The van der Waals surface area contributed by atoms with E-state index in [4.69, 9.17) is 13.9 Å². The number of ether oxygens (including phenoxy) is 2. The topological polar surface area (TPSA) is 64.8 Å². The molecule has 27 heavy (non-hydrogen) atoms. The summed E-state index contributed by atoms with van der Waals surface area (Å²) in [5.41, 5.74) is 4.34. The standard InChI is InChI=1S/C21H22N2O4/c1-14-6-7-18-17(12-14)22-21(27-18)16-5-3-4-15(2)20(16)26-13-19(24)23-8-10-25-11-9-23/h3-7,12H,8-11,13H2,1-2H3. The number of nitrogens with zero attached hydrogens (tertiary/aromatic N) is 2. The fourth-order valence-corrected chi connectivity index (χ4v) is 3.20. The van der Waals surface area contributed by atoms with Crippen LogP contribution < -0.4 is 4.74 Å². The molecule has 2 heterocycles. The Kier molecular flexibility index (Phi) is 4.81. The zero-order valence-corrected chi connectivity index (χ0v) is 15.5. The molecule has 3 aromatic rings. The number of amides is 1. The minimum absolute atomic E-state index is 0.0167. The maximum Gasteiger partial charge on any atom is 0.260 e. The Bertz CT molecular complexity index is 973. The predicted molar refractivity (Wildman–Crippen MR) is 102 cm³/mol. The number of aryl methyl sites for hydroxylation is 2. The second kappa shape index (κ2) is 7.40. The number of hydrogen-bond acceptors (Lipinski definition) is 5. The third-order valence-electron chi connectivity index (χ3n) is 4.69. The van der Waals surface area contributed by atoms with Gasteiger partial charge in [-0.05, 0) is 43.2 Å². The number of benzene rings is 2. The third-order valence-corrected chi connectivity index (χ3v) is 4.69. The molecule has 2 aromatic carbocycles. The van der Waals surface area contributed by atoms with Gasteiger partial charge in [0.2, 0.25) is 5.89 Å². The smallest absolute Gasteiger partial charge is 0.260 e. The summed E-state index contributed by atoms with van der Waals surface area (Å²) >= 11 is 0. The van der Waals surface area contributed by atoms with Crippen molar-refractivity contribution in [3.8, 4) is 17.2 Å². The van der Waals surface area contributed by atoms with Crippen LogP contribution in [0.3, 0.4) is 0 Å². The van der Waals surface area contributed by atoms with Crippen molar-refractivity contribution in [2.24, 2.45) is 0 Å².